The zero-order chi connectivity index (χ0) is 14.0. The van der Waals surface area contributed by atoms with Gasteiger partial charge in [0.05, 0.1) is 6.10 Å². The lowest BCUT2D eigenvalue weighted by Gasteiger charge is -2.16. The molecule has 2 aromatic rings. The van der Waals surface area contributed by atoms with Crippen molar-refractivity contribution in [1.82, 2.24) is 0 Å². The van der Waals surface area contributed by atoms with E-state index in [1.54, 1.807) is 0 Å². The van der Waals surface area contributed by atoms with Gasteiger partial charge in [0.2, 0.25) is 0 Å². The fourth-order valence-corrected chi connectivity index (χ4v) is 2.52. The summed E-state index contributed by atoms with van der Waals surface area (Å²) < 4.78 is 0. The van der Waals surface area contributed by atoms with Crippen molar-refractivity contribution in [3.8, 4) is 0 Å². The number of hydrogen-bond donors (Lipinski definition) is 1. The Kier molecular flexibility index (Phi) is 4.28. The maximum Gasteiger partial charge on any atom is 0.0844 e. The molecule has 0 spiro atoms. The molecule has 2 rings (SSSR count). The Balaban J connectivity index is 2.28. The van der Waals surface area contributed by atoms with Crippen LogP contribution in [0.4, 0.5) is 0 Å². The predicted octanol–water partition coefficient (Wildman–Crippen LogP) is 4.54. The second kappa shape index (κ2) is 5.77. The van der Waals surface area contributed by atoms with Crippen LogP contribution in [0.25, 0.3) is 0 Å². The van der Waals surface area contributed by atoms with Crippen LogP contribution in [0.3, 0.4) is 0 Å². The van der Waals surface area contributed by atoms with E-state index in [2.05, 4.69) is 32.0 Å². The lowest BCUT2D eigenvalue weighted by atomic mass is 9.96. The summed E-state index contributed by atoms with van der Waals surface area (Å²) in [4.78, 5) is 0. The van der Waals surface area contributed by atoms with Gasteiger partial charge in [0.15, 0.2) is 0 Å². The fourth-order valence-electron chi connectivity index (χ4n) is 2.27. The zero-order valence-electron chi connectivity index (χ0n) is 11.6. The van der Waals surface area contributed by atoms with E-state index in [4.69, 9.17) is 11.6 Å². The molecule has 1 N–H and O–H groups in total. The molecular weight excluding hydrogens is 256 g/mol. The second-order valence-corrected chi connectivity index (χ2v) is 5.51. The van der Waals surface area contributed by atoms with Gasteiger partial charge < -0.3 is 5.11 Å². The molecule has 0 radical (unpaired) electrons. The molecule has 0 aromatic heterocycles. The number of hydrogen-bond acceptors (Lipinski definition) is 1. The Labute approximate surface area is 119 Å². The molecular formula is C17H19ClO. The lowest BCUT2D eigenvalue weighted by Crippen LogP contribution is -2.04. The Bertz CT molecular complexity index is 590. The van der Waals surface area contributed by atoms with Crippen LogP contribution >= 0.6 is 11.6 Å². The van der Waals surface area contributed by atoms with Crippen LogP contribution in [0.5, 0.6) is 0 Å². The molecule has 0 saturated carbocycles. The minimum absolute atomic E-state index is 0.562. The van der Waals surface area contributed by atoms with Crippen molar-refractivity contribution < 1.29 is 5.11 Å². The first kappa shape index (κ1) is 14.1. The van der Waals surface area contributed by atoms with Crippen molar-refractivity contribution in [1.29, 1.82) is 0 Å². The summed E-state index contributed by atoms with van der Waals surface area (Å²) in [6.45, 7) is 6.09. The normalized spacial score (nSPS) is 12.5. The minimum Gasteiger partial charge on any atom is -0.388 e. The molecule has 0 fully saturated rings. The van der Waals surface area contributed by atoms with E-state index in [0.717, 1.165) is 11.1 Å². The van der Waals surface area contributed by atoms with E-state index in [1.165, 1.54) is 16.7 Å². The summed E-state index contributed by atoms with van der Waals surface area (Å²) in [6.07, 6.45) is 0.0318. The molecule has 19 heavy (non-hydrogen) atoms. The van der Waals surface area contributed by atoms with Gasteiger partial charge in [0.25, 0.3) is 0 Å². The number of aliphatic hydroxyl groups excluding tert-OH is 1. The summed E-state index contributed by atoms with van der Waals surface area (Å²) >= 11 is 6.27. The van der Waals surface area contributed by atoms with Crippen LogP contribution in [0, 0.1) is 20.8 Å². The molecule has 0 amide bonds. The monoisotopic (exact) mass is 274 g/mol. The smallest absolute Gasteiger partial charge is 0.0844 e. The standard InChI is InChI=1S/C17H19ClO/c1-11-7-8-12(2)14(9-11)10-16(19)15-6-4-5-13(3)17(15)18/h4-9,16,19H,10H2,1-3H3. The maximum atomic E-state index is 10.4. The van der Waals surface area contributed by atoms with E-state index in [9.17, 15) is 5.11 Å². The van der Waals surface area contributed by atoms with Gasteiger partial charge in [-0.1, -0.05) is 53.6 Å². The second-order valence-electron chi connectivity index (χ2n) is 5.13. The number of aryl methyl sites for hydroxylation is 3. The molecule has 1 atom stereocenters. The number of halogens is 1. The molecule has 0 heterocycles. The molecule has 2 aromatic carbocycles. The average Bonchev–Trinajstić information content (AvgIpc) is 2.37. The highest BCUT2D eigenvalue weighted by atomic mass is 35.5. The fraction of sp³-hybridized carbons (Fsp3) is 0.294. The quantitative estimate of drug-likeness (QED) is 0.871. The highest BCUT2D eigenvalue weighted by molar-refractivity contribution is 6.32. The molecule has 0 aliphatic heterocycles. The van der Waals surface area contributed by atoms with E-state index in [-0.39, 0.29) is 0 Å². The lowest BCUT2D eigenvalue weighted by molar-refractivity contribution is 0.178. The molecule has 1 unspecified atom stereocenters. The number of rotatable bonds is 3. The molecule has 0 aliphatic carbocycles. The zero-order valence-corrected chi connectivity index (χ0v) is 12.3. The third-order valence-corrected chi connectivity index (χ3v) is 4.01. The van der Waals surface area contributed by atoms with Crippen LogP contribution in [-0.4, -0.2) is 5.11 Å². The Morgan fingerprint density at radius 3 is 2.53 bits per heavy atom. The number of aliphatic hydroxyl groups is 1. The van der Waals surface area contributed by atoms with Crippen LogP contribution in [-0.2, 0) is 6.42 Å². The van der Waals surface area contributed by atoms with Crippen molar-refractivity contribution in [3.05, 3.63) is 69.2 Å². The first-order chi connectivity index (χ1) is 8.99. The Hall–Kier alpha value is -1.31. The average molecular weight is 275 g/mol. The topological polar surface area (TPSA) is 20.2 Å². The summed E-state index contributed by atoms with van der Waals surface area (Å²) in [6, 6.07) is 12.1. The molecule has 0 saturated heterocycles. The molecule has 100 valence electrons. The third kappa shape index (κ3) is 3.17. The van der Waals surface area contributed by atoms with Gasteiger partial charge in [-0.2, -0.15) is 0 Å². The number of benzene rings is 2. The van der Waals surface area contributed by atoms with Crippen molar-refractivity contribution >= 4 is 11.6 Å². The highest BCUT2D eigenvalue weighted by Crippen LogP contribution is 2.29. The molecule has 1 nitrogen and oxygen atoms in total. The summed E-state index contributed by atoms with van der Waals surface area (Å²) in [5.41, 5.74) is 5.39. The molecule has 2 heteroatoms. The first-order valence-corrected chi connectivity index (χ1v) is 6.86. The molecule has 0 bridgehead atoms. The predicted molar refractivity (Wildman–Crippen MR) is 80.8 cm³/mol. The SMILES string of the molecule is Cc1ccc(C)c(CC(O)c2cccc(C)c2Cl)c1. The summed E-state index contributed by atoms with van der Waals surface area (Å²) in [5, 5.41) is 11.1. The van der Waals surface area contributed by atoms with Gasteiger partial charge in [-0.25, -0.2) is 0 Å². The van der Waals surface area contributed by atoms with Gasteiger partial charge in [-0.05, 0) is 43.0 Å². The van der Waals surface area contributed by atoms with E-state index < -0.39 is 6.10 Å². The van der Waals surface area contributed by atoms with Crippen molar-refractivity contribution in [2.24, 2.45) is 0 Å². The first-order valence-electron chi connectivity index (χ1n) is 6.48. The van der Waals surface area contributed by atoms with Gasteiger partial charge in [-0.15, -0.1) is 0 Å². The Morgan fingerprint density at radius 2 is 1.79 bits per heavy atom. The third-order valence-electron chi connectivity index (χ3n) is 3.50. The van der Waals surface area contributed by atoms with Crippen LogP contribution < -0.4 is 0 Å². The van der Waals surface area contributed by atoms with Crippen LogP contribution in [0.1, 0.15) is 33.9 Å². The van der Waals surface area contributed by atoms with Gasteiger partial charge in [0, 0.05) is 11.4 Å². The minimum atomic E-state index is -0.562. The summed E-state index contributed by atoms with van der Waals surface area (Å²) in [5.74, 6) is 0. The van der Waals surface area contributed by atoms with Crippen molar-refractivity contribution in [3.63, 3.8) is 0 Å². The van der Waals surface area contributed by atoms with Crippen molar-refractivity contribution in [2.75, 3.05) is 0 Å². The van der Waals surface area contributed by atoms with Crippen LogP contribution in [0.2, 0.25) is 5.02 Å². The van der Waals surface area contributed by atoms with E-state index in [1.807, 2.05) is 25.1 Å². The summed E-state index contributed by atoms with van der Waals surface area (Å²) in [7, 11) is 0. The van der Waals surface area contributed by atoms with Crippen LogP contribution in [0.15, 0.2) is 36.4 Å². The van der Waals surface area contributed by atoms with Crippen molar-refractivity contribution in [2.45, 2.75) is 33.3 Å². The highest BCUT2D eigenvalue weighted by Gasteiger charge is 2.14. The Morgan fingerprint density at radius 1 is 1.05 bits per heavy atom. The van der Waals surface area contributed by atoms with Gasteiger partial charge in [0.1, 0.15) is 0 Å². The van der Waals surface area contributed by atoms with E-state index in [0.29, 0.717) is 11.4 Å². The van der Waals surface area contributed by atoms with Gasteiger partial charge in [-0.3, -0.25) is 0 Å². The molecule has 0 aliphatic rings. The largest absolute Gasteiger partial charge is 0.388 e. The van der Waals surface area contributed by atoms with E-state index >= 15 is 0 Å². The maximum absolute atomic E-state index is 10.4. The van der Waals surface area contributed by atoms with Gasteiger partial charge >= 0.3 is 0 Å².